The fourth-order valence-electron chi connectivity index (χ4n) is 0.447. The Bertz CT molecular complexity index is 404. The van der Waals surface area contributed by atoms with E-state index in [0.717, 1.165) is 0 Å². The van der Waals surface area contributed by atoms with E-state index in [1.807, 2.05) is 0 Å². The molecule has 0 rings (SSSR count). The molecule has 0 saturated carbocycles. The Morgan fingerprint density at radius 2 is 1.09 bits per heavy atom. The van der Waals surface area contributed by atoms with Crippen molar-refractivity contribution in [2.45, 2.75) is 24.7 Å². The van der Waals surface area contributed by atoms with Crippen LogP contribution in [0.2, 0.25) is 0 Å². The summed E-state index contributed by atoms with van der Waals surface area (Å²) in [6.45, 7) is 0. The van der Waals surface area contributed by atoms with Crippen molar-refractivity contribution in [1.29, 1.82) is 0 Å². The van der Waals surface area contributed by atoms with E-state index in [1.54, 1.807) is 0 Å². The monoisotopic (exact) mass is 364 g/mol. The van der Waals surface area contributed by atoms with Crippen LogP contribution >= 0.6 is 0 Å². The molecule has 0 aliphatic heterocycles. The first kappa shape index (κ1) is 22.8. The van der Waals surface area contributed by atoms with E-state index < -0.39 is 48.5 Å². The minimum Gasteiger partial charge on any atom is -0.203 e. The Hall–Kier alpha value is -1.50. The molecular formula is C8H2F14. The van der Waals surface area contributed by atoms with Gasteiger partial charge in [0.15, 0.2) is 0 Å². The lowest BCUT2D eigenvalue weighted by molar-refractivity contribution is -0.121. The third-order valence-corrected chi connectivity index (χ3v) is 1.29. The molecule has 0 aromatic rings. The highest BCUT2D eigenvalue weighted by atomic mass is 19.4. The average molecular weight is 364 g/mol. The molecule has 0 spiro atoms. The van der Waals surface area contributed by atoms with Crippen LogP contribution in [-0.4, -0.2) is 24.7 Å². The van der Waals surface area contributed by atoms with E-state index in [-0.39, 0.29) is 0 Å². The average Bonchev–Trinajstić information content (AvgIpc) is 2.24. The summed E-state index contributed by atoms with van der Waals surface area (Å²) in [4.78, 5) is 0. The van der Waals surface area contributed by atoms with Crippen molar-refractivity contribution < 1.29 is 61.5 Å². The van der Waals surface area contributed by atoms with E-state index in [4.69, 9.17) is 0 Å². The summed E-state index contributed by atoms with van der Waals surface area (Å²) in [7, 11) is 0. The first-order chi connectivity index (χ1) is 9.43. The van der Waals surface area contributed by atoms with Gasteiger partial charge in [0.2, 0.25) is 11.7 Å². The molecule has 0 unspecified atom stereocenters. The second-order valence-corrected chi connectivity index (χ2v) is 3.03. The van der Waals surface area contributed by atoms with Gasteiger partial charge < -0.3 is 0 Å². The Morgan fingerprint density at radius 1 is 0.727 bits per heavy atom. The second-order valence-electron chi connectivity index (χ2n) is 3.03. The van der Waals surface area contributed by atoms with Crippen LogP contribution in [0, 0.1) is 0 Å². The van der Waals surface area contributed by atoms with Crippen LogP contribution in [0.25, 0.3) is 0 Å². The first-order valence-corrected chi connectivity index (χ1v) is 4.32. The molecule has 0 N–H and O–H groups in total. The molecule has 0 atom stereocenters. The SMILES string of the molecule is FC(=CC(F)(F)F)C(F)(F)F.FC(F)=C(F)C(F)(F)C(F)F. The van der Waals surface area contributed by atoms with Gasteiger partial charge in [0, 0.05) is 0 Å². The van der Waals surface area contributed by atoms with Crippen molar-refractivity contribution in [3.05, 3.63) is 23.8 Å². The van der Waals surface area contributed by atoms with Gasteiger partial charge in [0.25, 0.3) is 0 Å². The lowest BCUT2D eigenvalue weighted by atomic mass is 10.3. The third-order valence-electron chi connectivity index (χ3n) is 1.29. The van der Waals surface area contributed by atoms with Crippen LogP contribution in [0.4, 0.5) is 61.5 Å². The van der Waals surface area contributed by atoms with Crippen molar-refractivity contribution in [2.75, 3.05) is 0 Å². The van der Waals surface area contributed by atoms with Gasteiger partial charge in [-0.3, -0.25) is 0 Å². The summed E-state index contributed by atoms with van der Waals surface area (Å²) in [5.41, 5.74) is 0. The number of halogens is 14. The molecule has 0 aromatic heterocycles. The van der Waals surface area contributed by atoms with Crippen molar-refractivity contribution in [1.82, 2.24) is 0 Å². The van der Waals surface area contributed by atoms with E-state index in [0.29, 0.717) is 0 Å². The predicted molar refractivity (Wildman–Crippen MR) is 42.6 cm³/mol. The van der Waals surface area contributed by atoms with Crippen LogP contribution in [0.1, 0.15) is 0 Å². The van der Waals surface area contributed by atoms with E-state index in [2.05, 4.69) is 0 Å². The smallest absolute Gasteiger partial charge is 0.203 e. The Labute approximate surface area is 111 Å². The van der Waals surface area contributed by atoms with Gasteiger partial charge in [-0.15, -0.1) is 0 Å². The molecule has 22 heavy (non-hydrogen) atoms. The lowest BCUT2D eigenvalue weighted by Gasteiger charge is -2.10. The first-order valence-electron chi connectivity index (χ1n) is 4.32. The molecule has 0 aliphatic carbocycles. The zero-order valence-corrected chi connectivity index (χ0v) is 9.45. The minimum absolute atomic E-state index is 1.44. The summed E-state index contributed by atoms with van der Waals surface area (Å²) in [6, 6.07) is 0. The number of allylic oxidation sites excluding steroid dienone is 3. The maximum atomic E-state index is 11.5. The molecule has 0 aromatic carbocycles. The number of hydrogen-bond acceptors (Lipinski definition) is 0. The summed E-state index contributed by atoms with van der Waals surface area (Å²) in [6.07, 6.45) is -20.2. The van der Waals surface area contributed by atoms with Crippen LogP contribution in [0.15, 0.2) is 23.8 Å². The van der Waals surface area contributed by atoms with Gasteiger partial charge in [-0.2, -0.15) is 48.3 Å². The highest BCUT2D eigenvalue weighted by Gasteiger charge is 2.48. The minimum atomic E-state index is -5.56. The van der Waals surface area contributed by atoms with Gasteiger partial charge in [-0.05, 0) is 0 Å². The molecule has 0 aliphatic rings. The molecular weight excluding hydrogens is 362 g/mol. The van der Waals surface area contributed by atoms with Crippen LogP contribution in [0.5, 0.6) is 0 Å². The molecule has 0 radical (unpaired) electrons. The number of rotatable bonds is 2. The maximum absolute atomic E-state index is 11.5. The fourth-order valence-corrected chi connectivity index (χ4v) is 0.447. The standard InChI is InChI=1S/2C4HF7/c5-1(2(6)7)4(10,11)3(8)9;5-2(4(9,10)11)1-3(6,7)8/h3H;1H. The van der Waals surface area contributed by atoms with Crippen molar-refractivity contribution in [3.8, 4) is 0 Å². The van der Waals surface area contributed by atoms with Gasteiger partial charge in [-0.25, -0.2) is 13.2 Å². The molecule has 0 bridgehead atoms. The van der Waals surface area contributed by atoms with E-state index in [1.165, 1.54) is 0 Å². The van der Waals surface area contributed by atoms with Crippen LogP contribution in [-0.2, 0) is 0 Å². The topological polar surface area (TPSA) is 0 Å². The Balaban J connectivity index is 0. The number of alkyl halides is 10. The summed E-state index contributed by atoms with van der Waals surface area (Å²) >= 11 is 0. The van der Waals surface area contributed by atoms with E-state index >= 15 is 0 Å². The van der Waals surface area contributed by atoms with Gasteiger partial charge in [-0.1, -0.05) is 0 Å². The lowest BCUT2D eigenvalue weighted by Crippen LogP contribution is -2.27. The van der Waals surface area contributed by atoms with Crippen molar-refractivity contribution in [2.24, 2.45) is 0 Å². The zero-order valence-electron chi connectivity index (χ0n) is 9.45. The molecule has 132 valence electrons. The summed E-state index contributed by atoms with van der Waals surface area (Å²) < 4.78 is 156. The van der Waals surface area contributed by atoms with Crippen molar-refractivity contribution in [3.63, 3.8) is 0 Å². The fraction of sp³-hybridized carbons (Fsp3) is 0.500. The quantitative estimate of drug-likeness (QED) is 0.533. The predicted octanol–water partition coefficient (Wildman–Crippen LogP) is 5.93. The normalized spacial score (nSPS) is 13.7. The largest absolute Gasteiger partial charge is 0.442 e. The molecule has 0 saturated heterocycles. The Morgan fingerprint density at radius 3 is 1.18 bits per heavy atom. The molecule has 14 heteroatoms. The molecule has 0 nitrogen and oxygen atoms in total. The van der Waals surface area contributed by atoms with Gasteiger partial charge in [0.1, 0.15) is 0 Å². The maximum Gasteiger partial charge on any atom is 0.442 e. The number of hydrogen-bond donors (Lipinski definition) is 0. The van der Waals surface area contributed by atoms with Gasteiger partial charge in [0.05, 0.1) is 6.08 Å². The molecule has 0 heterocycles. The van der Waals surface area contributed by atoms with Crippen LogP contribution in [0.3, 0.4) is 0 Å². The van der Waals surface area contributed by atoms with Crippen molar-refractivity contribution >= 4 is 0 Å². The second kappa shape index (κ2) is 7.67. The zero-order chi connectivity index (χ0) is 18.5. The summed E-state index contributed by atoms with van der Waals surface area (Å²) in [5.74, 6) is -11.9. The third kappa shape index (κ3) is 8.71. The molecule has 0 fully saturated rings. The highest BCUT2D eigenvalue weighted by Crippen LogP contribution is 2.34. The van der Waals surface area contributed by atoms with Crippen LogP contribution < -0.4 is 0 Å². The highest BCUT2D eigenvalue weighted by molar-refractivity contribution is 5.05. The Kier molecular flexibility index (Phi) is 7.94. The van der Waals surface area contributed by atoms with Gasteiger partial charge >= 0.3 is 30.8 Å². The summed E-state index contributed by atoms with van der Waals surface area (Å²) in [5, 5.41) is 0. The molecule has 0 amide bonds. The van der Waals surface area contributed by atoms with E-state index in [9.17, 15) is 61.5 Å².